The maximum atomic E-state index is 12.0. The summed E-state index contributed by atoms with van der Waals surface area (Å²) in [6.07, 6.45) is -25.0. The van der Waals surface area contributed by atoms with Crippen LogP contribution < -0.4 is 0 Å². The minimum absolute atomic E-state index is 0.205. The van der Waals surface area contributed by atoms with Crippen LogP contribution in [-0.4, -0.2) is 42.7 Å². The summed E-state index contributed by atoms with van der Waals surface area (Å²) in [5.74, 6) is -5.50. The van der Waals surface area contributed by atoms with Crippen LogP contribution in [0.1, 0.15) is 6.92 Å². The normalized spacial score (nSPS) is 14.8. The van der Waals surface area contributed by atoms with Gasteiger partial charge in [0.2, 0.25) is 0 Å². The number of esters is 2. The Balaban J connectivity index is 4.91. The highest BCUT2D eigenvalue weighted by Gasteiger charge is 2.60. The molecule has 13 heteroatoms. The number of ether oxygens (including phenoxy) is 2. The average Bonchev–Trinajstić information content (AvgIpc) is 2.20. The molecule has 21 heavy (non-hydrogen) atoms. The second-order valence-corrected chi connectivity index (χ2v) is 3.46. The second-order valence-electron chi connectivity index (χ2n) is 3.46. The van der Waals surface area contributed by atoms with Gasteiger partial charge in [-0.3, -0.25) is 0 Å². The zero-order chi connectivity index (χ0) is 17.2. The second kappa shape index (κ2) is 5.97. The number of hydrogen-bond donors (Lipinski definition) is 0. The molecule has 0 heterocycles. The molecule has 1 atom stereocenters. The fourth-order valence-corrected chi connectivity index (χ4v) is 0.750. The first kappa shape index (κ1) is 19.3. The lowest BCUT2D eigenvalue weighted by molar-refractivity contribution is -0.313. The van der Waals surface area contributed by atoms with Crippen LogP contribution in [-0.2, 0) is 19.1 Å². The molecule has 1 unspecified atom stereocenters. The zero-order valence-corrected chi connectivity index (χ0v) is 9.69. The molecule has 0 spiro atoms. The van der Waals surface area contributed by atoms with E-state index in [4.69, 9.17) is 0 Å². The number of hydrogen-bond acceptors (Lipinski definition) is 4. The summed E-state index contributed by atoms with van der Waals surface area (Å²) in [6.45, 7) is 0.205. The molecule has 0 rings (SSSR count). The van der Waals surface area contributed by atoms with E-state index in [0.717, 1.165) is 0 Å². The molecule has 0 aromatic heterocycles. The van der Waals surface area contributed by atoms with Crippen molar-refractivity contribution in [2.75, 3.05) is 0 Å². The standard InChI is InChI=1S/C8H5F9O4/c1-2(6(9,10)11)20-3(18)4(19)21-5(7(12,13)14)8(15,16)17/h2,5H,1H3. The molecule has 0 aliphatic rings. The quantitative estimate of drug-likeness (QED) is 0.442. The Kier molecular flexibility index (Phi) is 5.49. The van der Waals surface area contributed by atoms with Gasteiger partial charge in [0.1, 0.15) is 0 Å². The van der Waals surface area contributed by atoms with E-state index in [1.807, 2.05) is 0 Å². The van der Waals surface area contributed by atoms with E-state index < -0.39 is 42.7 Å². The summed E-state index contributed by atoms with van der Waals surface area (Å²) >= 11 is 0. The van der Waals surface area contributed by atoms with Gasteiger partial charge in [-0.15, -0.1) is 0 Å². The Labute approximate surface area is 109 Å². The molecule has 0 bridgehead atoms. The van der Waals surface area contributed by atoms with Gasteiger partial charge in [0.15, 0.2) is 6.10 Å². The molecule has 0 amide bonds. The van der Waals surface area contributed by atoms with Gasteiger partial charge in [-0.1, -0.05) is 0 Å². The minimum atomic E-state index is -6.11. The van der Waals surface area contributed by atoms with Crippen molar-refractivity contribution in [3.63, 3.8) is 0 Å². The van der Waals surface area contributed by atoms with Crippen LogP contribution in [0.5, 0.6) is 0 Å². The van der Waals surface area contributed by atoms with Gasteiger partial charge in [0.25, 0.3) is 6.10 Å². The van der Waals surface area contributed by atoms with Crippen molar-refractivity contribution < 1.29 is 58.6 Å². The SMILES string of the molecule is CC(OC(=O)C(=O)OC(C(F)(F)F)C(F)(F)F)C(F)(F)F. The molecule has 0 N–H and O–H groups in total. The van der Waals surface area contributed by atoms with E-state index in [0.29, 0.717) is 0 Å². The van der Waals surface area contributed by atoms with Crippen molar-refractivity contribution in [3.8, 4) is 0 Å². The third-order valence-corrected chi connectivity index (χ3v) is 1.73. The molecule has 0 aromatic rings. The average molecular weight is 336 g/mol. The maximum absolute atomic E-state index is 12.0. The fraction of sp³-hybridized carbons (Fsp3) is 0.750. The lowest BCUT2D eigenvalue weighted by Crippen LogP contribution is -2.47. The van der Waals surface area contributed by atoms with Crippen LogP contribution in [0.2, 0.25) is 0 Å². The fourth-order valence-electron chi connectivity index (χ4n) is 0.750. The summed E-state index contributed by atoms with van der Waals surface area (Å²) in [5, 5.41) is 0. The van der Waals surface area contributed by atoms with E-state index in [2.05, 4.69) is 9.47 Å². The molecule has 0 radical (unpaired) electrons. The zero-order valence-electron chi connectivity index (χ0n) is 9.69. The molecule has 0 saturated heterocycles. The molecular formula is C8H5F9O4. The van der Waals surface area contributed by atoms with Gasteiger partial charge in [0.05, 0.1) is 0 Å². The molecule has 0 aliphatic carbocycles. The lowest BCUT2D eigenvalue weighted by atomic mass is 10.3. The molecule has 0 fully saturated rings. The molecular weight excluding hydrogens is 331 g/mol. The van der Waals surface area contributed by atoms with Crippen molar-refractivity contribution in [1.82, 2.24) is 0 Å². The van der Waals surface area contributed by atoms with E-state index in [1.165, 1.54) is 0 Å². The highest BCUT2D eigenvalue weighted by atomic mass is 19.4. The smallest absolute Gasteiger partial charge is 0.434 e. The Morgan fingerprint density at radius 3 is 1.33 bits per heavy atom. The number of halogens is 9. The Morgan fingerprint density at radius 1 is 0.714 bits per heavy atom. The summed E-state index contributed by atoms with van der Waals surface area (Å²) in [7, 11) is 0. The monoisotopic (exact) mass is 336 g/mol. The van der Waals surface area contributed by atoms with Crippen molar-refractivity contribution in [2.45, 2.75) is 37.7 Å². The van der Waals surface area contributed by atoms with E-state index in [-0.39, 0.29) is 6.92 Å². The summed E-state index contributed by atoms with van der Waals surface area (Å²) in [5.41, 5.74) is 0. The van der Waals surface area contributed by atoms with Crippen molar-refractivity contribution in [1.29, 1.82) is 0 Å². The summed E-state index contributed by atoms with van der Waals surface area (Å²) in [4.78, 5) is 21.3. The predicted molar refractivity (Wildman–Crippen MR) is 43.6 cm³/mol. The highest BCUT2D eigenvalue weighted by molar-refractivity contribution is 6.29. The van der Waals surface area contributed by atoms with Crippen LogP contribution in [0, 0.1) is 0 Å². The van der Waals surface area contributed by atoms with E-state index in [1.54, 1.807) is 0 Å². The third kappa shape index (κ3) is 6.08. The predicted octanol–water partition coefficient (Wildman–Crippen LogP) is 2.52. The van der Waals surface area contributed by atoms with Gasteiger partial charge < -0.3 is 9.47 Å². The first-order valence-corrected chi connectivity index (χ1v) is 4.68. The molecule has 0 aromatic carbocycles. The van der Waals surface area contributed by atoms with Gasteiger partial charge >= 0.3 is 30.5 Å². The topological polar surface area (TPSA) is 52.6 Å². The van der Waals surface area contributed by atoms with E-state index >= 15 is 0 Å². The third-order valence-electron chi connectivity index (χ3n) is 1.73. The number of carbonyl (C=O) groups excluding carboxylic acids is 2. The van der Waals surface area contributed by atoms with E-state index in [9.17, 15) is 49.1 Å². The Morgan fingerprint density at radius 2 is 1.05 bits per heavy atom. The maximum Gasteiger partial charge on any atom is 0.434 e. The van der Waals surface area contributed by atoms with Crippen LogP contribution in [0.25, 0.3) is 0 Å². The first-order valence-electron chi connectivity index (χ1n) is 4.68. The van der Waals surface area contributed by atoms with Crippen LogP contribution in [0.4, 0.5) is 39.5 Å². The minimum Gasteiger partial charge on any atom is -0.445 e. The van der Waals surface area contributed by atoms with Gasteiger partial charge in [0, 0.05) is 0 Å². The van der Waals surface area contributed by atoms with Gasteiger partial charge in [-0.05, 0) is 6.92 Å². The largest absolute Gasteiger partial charge is 0.445 e. The number of rotatable bonds is 2. The van der Waals surface area contributed by atoms with Crippen molar-refractivity contribution in [2.24, 2.45) is 0 Å². The first-order chi connectivity index (χ1) is 9.06. The molecule has 124 valence electrons. The van der Waals surface area contributed by atoms with Gasteiger partial charge in [-0.2, -0.15) is 39.5 Å². The lowest BCUT2D eigenvalue weighted by Gasteiger charge is -2.22. The van der Waals surface area contributed by atoms with Crippen molar-refractivity contribution >= 4 is 11.9 Å². The van der Waals surface area contributed by atoms with Crippen molar-refractivity contribution in [3.05, 3.63) is 0 Å². The Hall–Kier alpha value is -1.69. The number of alkyl halides is 9. The van der Waals surface area contributed by atoms with Crippen LogP contribution >= 0.6 is 0 Å². The van der Waals surface area contributed by atoms with Gasteiger partial charge in [-0.25, -0.2) is 9.59 Å². The molecule has 0 saturated carbocycles. The summed E-state index contributed by atoms with van der Waals surface area (Å²) < 4.78 is 114. The highest BCUT2D eigenvalue weighted by Crippen LogP contribution is 2.35. The van der Waals surface area contributed by atoms with Crippen LogP contribution in [0.3, 0.4) is 0 Å². The molecule has 4 nitrogen and oxygen atoms in total. The van der Waals surface area contributed by atoms with Crippen LogP contribution in [0.15, 0.2) is 0 Å². The summed E-state index contributed by atoms with van der Waals surface area (Å²) in [6, 6.07) is 0. The number of carbonyl (C=O) groups is 2. The molecule has 0 aliphatic heterocycles. The Bertz CT molecular complexity index is 380.